The van der Waals surface area contributed by atoms with Crippen LogP contribution in [0.1, 0.15) is 16.8 Å². The third kappa shape index (κ3) is 2.96. The van der Waals surface area contributed by atoms with Gasteiger partial charge in [-0.25, -0.2) is 4.98 Å². The monoisotopic (exact) mass is 234 g/mol. The van der Waals surface area contributed by atoms with E-state index in [0.717, 1.165) is 44.2 Å². The number of aryl methyl sites for hydroxylation is 2. The number of pyridine rings is 1. The molecule has 0 atom stereocenters. The van der Waals surface area contributed by atoms with Crippen molar-refractivity contribution in [1.82, 2.24) is 15.2 Å². The molecule has 2 rings (SSSR count). The molecule has 0 aromatic carbocycles. The lowest BCUT2D eigenvalue weighted by Crippen LogP contribution is -2.43. The first-order chi connectivity index (χ1) is 8.20. The maximum Gasteiger partial charge on any atom is 0.130 e. The van der Waals surface area contributed by atoms with E-state index in [2.05, 4.69) is 33.5 Å². The number of aromatic nitrogens is 1. The third-order valence-corrected chi connectivity index (χ3v) is 3.30. The SMILES string of the molecule is CNc1nc(C)cc(C)c1CN1CCNCC1. The minimum Gasteiger partial charge on any atom is -0.373 e. The number of rotatable bonds is 3. The Balaban J connectivity index is 2.18. The van der Waals surface area contributed by atoms with Crippen LogP contribution in [-0.2, 0) is 6.54 Å². The zero-order valence-corrected chi connectivity index (χ0v) is 11.0. The van der Waals surface area contributed by atoms with Crippen LogP contribution in [0.3, 0.4) is 0 Å². The van der Waals surface area contributed by atoms with Gasteiger partial charge < -0.3 is 10.6 Å². The lowest BCUT2D eigenvalue weighted by Gasteiger charge is -2.28. The highest BCUT2D eigenvalue weighted by Gasteiger charge is 2.14. The molecule has 4 nitrogen and oxygen atoms in total. The van der Waals surface area contributed by atoms with Gasteiger partial charge >= 0.3 is 0 Å². The van der Waals surface area contributed by atoms with Crippen molar-refractivity contribution in [2.24, 2.45) is 0 Å². The maximum atomic E-state index is 4.56. The fraction of sp³-hybridized carbons (Fsp3) is 0.615. The van der Waals surface area contributed by atoms with Crippen LogP contribution in [0.4, 0.5) is 5.82 Å². The maximum absolute atomic E-state index is 4.56. The van der Waals surface area contributed by atoms with Gasteiger partial charge in [0.15, 0.2) is 0 Å². The van der Waals surface area contributed by atoms with E-state index in [1.807, 2.05) is 14.0 Å². The van der Waals surface area contributed by atoms with Gasteiger partial charge in [0.05, 0.1) is 0 Å². The fourth-order valence-corrected chi connectivity index (χ4v) is 2.36. The van der Waals surface area contributed by atoms with E-state index in [9.17, 15) is 0 Å². The molecule has 1 saturated heterocycles. The second-order valence-electron chi connectivity index (χ2n) is 4.68. The smallest absolute Gasteiger partial charge is 0.130 e. The molecule has 4 heteroatoms. The summed E-state index contributed by atoms with van der Waals surface area (Å²) in [5.74, 6) is 1.03. The highest BCUT2D eigenvalue weighted by Crippen LogP contribution is 2.20. The summed E-state index contributed by atoms with van der Waals surface area (Å²) < 4.78 is 0. The molecule has 2 N–H and O–H groups in total. The topological polar surface area (TPSA) is 40.2 Å². The molecule has 1 aliphatic rings. The summed E-state index contributed by atoms with van der Waals surface area (Å²) in [7, 11) is 1.95. The number of nitrogens with zero attached hydrogens (tertiary/aromatic N) is 2. The van der Waals surface area contributed by atoms with Crippen molar-refractivity contribution in [3.05, 3.63) is 22.9 Å². The number of anilines is 1. The zero-order chi connectivity index (χ0) is 12.3. The van der Waals surface area contributed by atoms with Gasteiger partial charge in [-0.15, -0.1) is 0 Å². The minimum atomic E-state index is 0.997. The Hall–Kier alpha value is -1.13. The van der Waals surface area contributed by atoms with Gasteiger partial charge in [0.1, 0.15) is 5.82 Å². The van der Waals surface area contributed by atoms with E-state index in [-0.39, 0.29) is 0 Å². The van der Waals surface area contributed by atoms with Crippen molar-refractivity contribution in [2.75, 3.05) is 38.5 Å². The van der Waals surface area contributed by atoms with Crippen LogP contribution in [0, 0.1) is 13.8 Å². The van der Waals surface area contributed by atoms with Gasteiger partial charge in [-0.3, -0.25) is 4.90 Å². The number of hydrogen-bond donors (Lipinski definition) is 2. The third-order valence-electron chi connectivity index (χ3n) is 3.30. The summed E-state index contributed by atoms with van der Waals surface area (Å²) in [5, 5.41) is 6.59. The summed E-state index contributed by atoms with van der Waals surface area (Å²) >= 11 is 0. The predicted molar refractivity (Wildman–Crippen MR) is 71.4 cm³/mol. The molecule has 0 radical (unpaired) electrons. The van der Waals surface area contributed by atoms with Crippen LogP contribution in [0.5, 0.6) is 0 Å². The largest absolute Gasteiger partial charge is 0.373 e. The van der Waals surface area contributed by atoms with Crippen molar-refractivity contribution in [2.45, 2.75) is 20.4 Å². The van der Waals surface area contributed by atoms with Crippen LogP contribution >= 0.6 is 0 Å². The van der Waals surface area contributed by atoms with Gasteiger partial charge in [-0.05, 0) is 25.5 Å². The van der Waals surface area contributed by atoms with Crippen molar-refractivity contribution >= 4 is 5.82 Å². The van der Waals surface area contributed by atoms with Crippen molar-refractivity contribution in [3.8, 4) is 0 Å². The Kier molecular flexibility index (Phi) is 3.97. The summed E-state index contributed by atoms with van der Waals surface area (Å²) in [6, 6.07) is 2.17. The molecule has 1 aromatic heterocycles. The van der Waals surface area contributed by atoms with Gasteiger partial charge in [0.2, 0.25) is 0 Å². The van der Waals surface area contributed by atoms with E-state index in [1.165, 1.54) is 11.1 Å². The van der Waals surface area contributed by atoms with Crippen LogP contribution in [0.25, 0.3) is 0 Å². The van der Waals surface area contributed by atoms with Gasteiger partial charge in [-0.2, -0.15) is 0 Å². The van der Waals surface area contributed by atoms with Gasteiger partial charge in [0.25, 0.3) is 0 Å². The second-order valence-corrected chi connectivity index (χ2v) is 4.68. The molecule has 0 unspecified atom stereocenters. The molecule has 2 heterocycles. The lowest BCUT2D eigenvalue weighted by atomic mass is 10.1. The van der Waals surface area contributed by atoms with Gasteiger partial charge in [0, 0.05) is 51.0 Å². The molecule has 0 saturated carbocycles. The first kappa shape index (κ1) is 12.3. The van der Waals surface area contributed by atoms with Crippen LogP contribution in [0.2, 0.25) is 0 Å². The molecular weight excluding hydrogens is 212 g/mol. The van der Waals surface area contributed by atoms with Crippen molar-refractivity contribution in [1.29, 1.82) is 0 Å². The highest BCUT2D eigenvalue weighted by molar-refractivity contribution is 5.48. The Morgan fingerprint density at radius 3 is 2.71 bits per heavy atom. The molecule has 1 fully saturated rings. The lowest BCUT2D eigenvalue weighted by molar-refractivity contribution is 0.233. The molecule has 0 amide bonds. The van der Waals surface area contributed by atoms with Crippen LogP contribution in [-0.4, -0.2) is 43.1 Å². The summed E-state index contributed by atoms with van der Waals surface area (Å²) in [5.41, 5.74) is 3.75. The van der Waals surface area contributed by atoms with E-state index in [1.54, 1.807) is 0 Å². The normalized spacial score (nSPS) is 17.1. The first-order valence-corrected chi connectivity index (χ1v) is 6.28. The number of piperazine rings is 1. The second kappa shape index (κ2) is 5.47. The molecule has 0 spiro atoms. The van der Waals surface area contributed by atoms with Gasteiger partial charge in [-0.1, -0.05) is 0 Å². The average molecular weight is 234 g/mol. The molecular formula is C13H22N4. The Morgan fingerprint density at radius 1 is 1.35 bits per heavy atom. The Morgan fingerprint density at radius 2 is 2.06 bits per heavy atom. The number of hydrogen-bond acceptors (Lipinski definition) is 4. The Bertz CT molecular complexity index is 383. The highest BCUT2D eigenvalue weighted by atomic mass is 15.2. The summed E-state index contributed by atoms with van der Waals surface area (Å²) in [6.07, 6.45) is 0. The first-order valence-electron chi connectivity index (χ1n) is 6.28. The van der Waals surface area contributed by atoms with Crippen molar-refractivity contribution in [3.63, 3.8) is 0 Å². The molecule has 0 aliphatic carbocycles. The van der Waals surface area contributed by atoms with Crippen molar-refractivity contribution < 1.29 is 0 Å². The molecule has 94 valence electrons. The van der Waals surface area contributed by atoms with E-state index < -0.39 is 0 Å². The van der Waals surface area contributed by atoms with Crippen LogP contribution in [0.15, 0.2) is 6.07 Å². The molecule has 17 heavy (non-hydrogen) atoms. The average Bonchev–Trinajstić information content (AvgIpc) is 2.33. The molecule has 0 bridgehead atoms. The minimum absolute atomic E-state index is 0.997. The van der Waals surface area contributed by atoms with E-state index >= 15 is 0 Å². The van der Waals surface area contributed by atoms with E-state index in [0.29, 0.717) is 0 Å². The standard InChI is InChI=1S/C13H22N4/c1-10-8-11(2)16-13(14-3)12(10)9-17-6-4-15-5-7-17/h8,15H,4-7,9H2,1-3H3,(H,14,16). The quantitative estimate of drug-likeness (QED) is 0.823. The Labute approximate surface area is 103 Å². The fourth-order valence-electron chi connectivity index (χ4n) is 2.36. The predicted octanol–water partition coefficient (Wildman–Crippen LogP) is 1.15. The van der Waals surface area contributed by atoms with E-state index in [4.69, 9.17) is 0 Å². The number of nitrogens with one attached hydrogen (secondary N) is 2. The summed E-state index contributed by atoms with van der Waals surface area (Å²) in [4.78, 5) is 7.05. The van der Waals surface area contributed by atoms with Crippen LogP contribution < -0.4 is 10.6 Å². The zero-order valence-electron chi connectivity index (χ0n) is 11.0. The summed E-state index contributed by atoms with van der Waals surface area (Å²) in [6.45, 7) is 9.64. The molecule has 1 aromatic rings. The molecule has 1 aliphatic heterocycles.